The molecular weight excluding hydrogens is 433 g/mol. The molecule has 1 aromatic heterocycles. The summed E-state index contributed by atoms with van der Waals surface area (Å²) in [4.78, 5) is 22.5. The van der Waals surface area contributed by atoms with Gasteiger partial charge in [0.25, 0.3) is 0 Å². The number of carbonyl (C=O) groups excluding carboxylic acids is 1. The van der Waals surface area contributed by atoms with Gasteiger partial charge in [-0.3, -0.25) is 4.79 Å². The van der Waals surface area contributed by atoms with Crippen molar-refractivity contribution in [3.63, 3.8) is 0 Å². The Balaban J connectivity index is 1.63. The minimum atomic E-state index is -4.85. The third-order valence-electron chi connectivity index (χ3n) is 4.86. The topological polar surface area (TPSA) is 70.2 Å². The molecule has 6 nitrogen and oxygen atoms in total. The largest absolute Gasteiger partial charge is 0.419 e. The normalized spacial score (nSPS) is 16.6. The summed E-state index contributed by atoms with van der Waals surface area (Å²) in [5.41, 5.74) is -0.921. The fourth-order valence-electron chi connectivity index (χ4n) is 3.41. The van der Waals surface area contributed by atoms with Crippen LogP contribution in [0, 0.1) is 11.6 Å². The Morgan fingerprint density at radius 2 is 1.81 bits per heavy atom. The van der Waals surface area contributed by atoms with E-state index in [4.69, 9.17) is 0 Å². The van der Waals surface area contributed by atoms with Crippen molar-refractivity contribution in [1.29, 1.82) is 0 Å². The fourth-order valence-corrected chi connectivity index (χ4v) is 3.41. The van der Waals surface area contributed by atoms with Gasteiger partial charge in [-0.1, -0.05) is 12.1 Å². The standard InChI is InChI=1S/C21H16F5N5O/c22-13-3-1-12(2-4-13)18-19(32)27-9-10-31(18)17-7-8-28-20(30-17)29-14-5-6-16(23)15(11-14)21(24,25)26/h1-8,11,18H,9-10H2,(H,27,32)(H,28,29,30). The molecule has 3 aromatic rings. The predicted molar refractivity (Wildman–Crippen MR) is 106 cm³/mol. The molecule has 0 saturated carbocycles. The molecule has 2 N–H and O–H groups in total. The monoisotopic (exact) mass is 449 g/mol. The molecule has 1 aliphatic rings. The summed E-state index contributed by atoms with van der Waals surface area (Å²) in [5, 5.41) is 5.38. The van der Waals surface area contributed by atoms with E-state index in [1.54, 1.807) is 11.0 Å². The molecule has 4 rings (SSSR count). The molecule has 1 amide bonds. The van der Waals surface area contributed by atoms with Crippen LogP contribution in [-0.2, 0) is 11.0 Å². The smallest absolute Gasteiger partial charge is 0.352 e. The minimum Gasteiger partial charge on any atom is -0.352 e. The minimum absolute atomic E-state index is 0.0360. The Hall–Kier alpha value is -3.76. The summed E-state index contributed by atoms with van der Waals surface area (Å²) in [6, 6.07) is 8.71. The molecule has 1 saturated heterocycles. The summed E-state index contributed by atoms with van der Waals surface area (Å²) in [7, 11) is 0. The van der Waals surface area contributed by atoms with Gasteiger partial charge in [0.2, 0.25) is 11.9 Å². The predicted octanol–water partition coefficient (Wildman–Crippen LogP) is 4.19. The Kier molecular flexibility index (Phi) is 5.64. The van der Waals surface area contributed by atoms with E-state index in [1.165, 1.54) is 30.5 Å². The highest BCUT2D eigenvalue weighted by atomic mass is 19.4. The molecule has 166 valence electrons. The summed E-state index contributed by atoms with van der Waals surface area (Å²) in [6.07, 6.45) is -3.47. The van der Waals surface area contributed by atoms with Crippen LogP contribution >= 0.6 is 0 Å². The maximum absolute atomic E-state index is 13.5. The summed E-state index contributed by atoms with van der Waals surface area (Å²) in [6.45, 7) is 0.731. The third kappa shape index (κ3) is 4.46. The molecule has 2 heterocycles. The first-order valence-corrected chi connectivity index (χ1v) is 9.49. The van der Waals surface area contributed by atoms with Crippen LogP contribution in [0.1, 0.15) is 17.2 Å². The van der Waals surface area contributed by atoms with Gasteiger partial charge in [-0.25, -0.2) is 13.8 Å². The van der Waals surface area contributed by atoms with Gasteiger partial charge in [0.15, 0.2) is 0 Å². The maximum atomic E-state index is 13.5. The molecule has 2 aromatic carbocycles. The van der Waals surface area contributed by atoms with E-state index in [-0.39, 0.29) is 17.5 Å². The number of alkyl halides is 3. The van der Waals surface area contributed by atoms with Crippen LogP contribution in [0.15, 0.2) is 54.7 Å². The molecule has 0 spiro atoms. The number of anilines is 3. The number of hydrogen-bond acceptors (Lipinski definition) is 5. The van der Waals surface area contributed by atoms with Crippen LogP contribution in [-0.4, -0.2) is 29.0 Å². The number of rotatable bonds is 4. The van der Waals surface area contributed by atoms with Crippen molar-refractivity contribution in [1.82, 2.24) is 15.3 Å². The summed E-state index contributed by atoms with van der Waals surface area (Å²) in [5.74, 6) is -1.83. The molecule has 11 heteroatoms. The Labute approximate surface area is 179 Å². The first-order chi connectivity index (χ1) is 15.2. The van der Waals surface area contributed by atoms with E-state index in [0.29, 0.717) is 36.6 Å². The number of carbonyl (C=O) groups is 1. The van der Waals surface area contributed by atoms with Gasteiger partial charge < -0.3 is 15.5 Å². The quantitative estimate of drug-likeness (QED) is 0.585. The fraction of sp³-hybridized carbons (Fsp3) is 0.190. The lowest BCUT2D eigenvalue weighted by molar-refractivity contribution is -0.140. The zero-order chi connectivity index (χ0) is 22.9. The van der Waals surface area contributed by atoms with Crippen molar-refractivity contribution in [2.75, 3.05) is 23.3 Å². The van der Waals surface area contributed by atoms with Crippen molar-refractivity contribution in [2.24, 2.45) is 0 Å². The lowest BCUT2D eigenvalue weighted by atomic mass is 10.0. The van der Waals surface area contributed by atoms with Gasteiger partial charge in [0.05, 0.1) is 5.56 Å². The number of nitrogens with one attached hydrogen (secondary N) is 2. The average molecular weight is 449 g/mol. The van der Waals surface area contributed by atoms with Crippen molar-refractivity contribution >= 4 is 23.4 Å². The van der Waals surface area contributed by atoms with Gasteiger partial charge in [-0.05, 0) is 42.0 Å². The van der Waals surface area contributed by atoms with Crippen molar-refractivity contribution in [3.8, 4) is 0 Å². The van der Waals surface area contributed by atoms with E-state index < -0.39 is 29.4 Å². The van der Waals surface area contributed by atoms with Crippen molar-refractivity contribution < 1.29 is 26.7 Å². The third-order valence-corrected chi connectivity index (χ3v) is 4.86. The number of piperazine rings is 1. The van der Waals surface area contributed by atoms with E-state index in [9.17, 15) is 26.7 Å². The number of benzene rings is 2. The van der Waals surface area contributed by atoms with Crippen LogP contribution in [0.3, 0.4) is 0 Å². The van der Waals surface area contributed by atoms with Gasteiger partial charge >= 0.3 is 6.18 Å². The van der Waals surface area contributed by atoms with Crippen LogP contribution in [0.4, 0.5) is 39.4 Å². The lowest BCUT2D eigenvalue weighted by Crippen LogP contribution is -2.50. The second-order valence-electron chi connectivity index (χ2n) is 6.99. The lowest BCUT2D eigenvalue weighted by Gasteiger charge is -2.36. The first-order valence-electron chi connectivity index (χ1n) is 9.49. The number of halogens is 5. The van der Waals surface area contributed by atoms with Gasteiger partial charge in [-0.15, -0.1) is 0 Å². The second kappa shape index (κ2) is 8.40. The molecule has 0 bridgehead atoms. The molecule has 0 radical (unpaired) electrons. The highest BCUT2D eigenvalue weighted by Crippen LogP contribution is 2.34. The van der Waals surface area contributed by atoms with Crippen molar-refractivity contribution in [2.45, 2.75) is 12.2 Å². The number of nitrogens with zero attached hydrogens (tertiary/aromatic N) is 3. The Morgan fingerprint density at radius 3 is 2.53 bits per heavy atom. The molecule has 32 heavy (non-hydrogen) atoms. The van der Waals surface area contributed by atoms with E-state index in [1.807, 2.05) is 0 Å². The Bertz CT molecular complexity index is 1140. The van der Waals surface area contributed by atoms with Crippen molar-refractivity contribution in [3.05, 3.63) is 77.5 Å². The van der Waals surface area contributed by atoms with Crippen LogP contribution < -0.4 is 15.5 Å². The summed E-state index contributed by atoms with van der Waals surface area (Å²) >= 11 is 0. The second-order valence-corrected chi connectivity index (χ2v) is 6.99. The van der Waals surface area contributed by atoms with Gasteiger partial charge in [0, 0.05) is 25.0 Å². The first kappa shape index (κ1) is 21.5. The van der Waals surface area contributed by atoms with E-state index in [2.05, 4.69) is 20.6 Å². The number of hydrogen-bond donors (Lipinski definition) is 2. The zero-order valence-corrected chi connectivity index (χ0v) is 16.3. The Morgan fingerprint density at radius 1 is 1.06 bits per heavy atom. The van der Waals surface area contributed by atoms with Crippen LogP contribution in [0.2, 0.25) is 0 Å². The molecule has 1 atom stereocenters. The van der Waals surface area contributed by atoms with Crippen LogP contribution in [0.25, 0.3) is 0 Å². The molecular formula is C21H16F5N5O. The highest BCUT2D eigenvalue weighted by Gasteiger charge is 2.34. The number of amides is 1. The zero-order valence-electron chi connectivity index (χ0n) is 16.3. The molecule has 1 unspecified atom stereocenters. The molecule has 1 aliphatic heterocycles. The van der Waals surface area contributed by atoms with Gasteiger partial charge in [0.1, 0.15) is 23.5 Å². The molecule has 1 fully saturated rings. The van der Waals surface area contributed by atoms with Crippen LogP contribution in [0.5, 0.6) is 0 Å². The molecule has 0 aliphatic carbocycles. The van der Waals surface area contributed by atoms with E-state index >= 15 is 0 Å². The van der Waals surface area contributed by atoms with E-state index in [0.717, 1.165) is 6.07 Å². The SMILES string of the molecule is O=C1NCCN(c2ccnc(Nc3ccc(F)c(C(F)(F)F)c3)n2)C1c1ccc(F)cc1. The highest BCUT2D eigenvalue weighted by molar-refractivity contribution is 5.87. The van der Waals surface area contributed by atoms with Gasteiger partial charge in [-0.2, -0.15) is 18.2 Å². The number of aromatic nitrogens is 2. The summed E-state index contributed by atoms with van der Waals surface area (Å²) < 4.78 is 65.8. The maximum Gasteiger partial charge on any atom is 0.419 e. The average Bonchev–Trinajstić information content (AvgIpc) is 2.75.